The summed E-state index contributed by atoms with van der Waals surface area (Å²) in [5, 5.41) is 3.88. The van der Waals surface area contributed by atoms with Crippen molar-refractivity contribution in [3.8, 4) is 0 Å². The van der Waals surface area contributed by atoms with Crippen molar-refractivity contribution >= 4 is 11.8 Å². The normalized spacial score (nSPS) is 57.4. The minimum absolute atomic E-state index is 0.505. The van der Waals surface area contributed by atoms with Gasteiger partial charge in [0.1, 0.15) is 0 Å². The van der Waals surface area contributed by atoms with Crippen LogP contribution in [0, 0.1) is 35.0 Å². The van der Waals surface area contributed by atoms with E-state index in [1.807, 2.05) is 0 Å². The molecular weight excluding hydrogens is 286 g/mol. The Morgan fingerprint density at radius 2 is 1.82 bits per heavy atom. The molecule has 1 N–H and O–H groups in total. The van der Waals surface area contributed by atoms with Crippen LogP contribution in [0.2, 0.25) is 0 Å². The number of nitrogens with one attached hydrogen (secondary N) is 1. The summed E-state index contributed by atoms with van der Waals surface area (Å²) in [5.41, 5.74) is 0.743. The van der Waals surface area contributed by atoms with Crippen LogP contribution < -0.4 is 5.32 Å². The minimum Gasteiger partial charge on any atom is -0.302 e. The molecule has 4 aliphatic carbocycles. The quantitative estimate of drug-likeness (QED) is 0.669. The number of thioether (sulfide) groups is 1. The molecule has 22 heavy (non-hydrogen) atoms. The standard InChI is InChI=1S/C20H33NS/c1-19-8-2-3-18(19)17-5-4-14-13-20(21-11-12-22-20)10-7-15(14)16(17)6-9-19/h14-18,21H,2-13H2,1H3/t14?,15-,16+,17+,18-,19-,20?/m0/s1. The van der Waals surface area contributed by atoms with E-state index in [0.29, 0.717) is 4.87 Å². The fraction of sp³-hybridized carbons (Fsp3) is 1.00. The molecule has 4 saturated carbocycles. The topological polar surface area (TPSA) is 12.0 Å². The first kappa shape index (κ1) is 14.6. The van der Waals surface area contributed by atoms with Gasteiger partial charge in [-0.15, -0.1) is 11.8 Å². The van der Waals surface area contributed by atoms with Crippen LogP contribution in [0.3, 0.4) is 0 Å². The first-order valence-electron chi connectivity index (χ1n) is 10.1. The van der Waals surface area contributed by atoms with Crippen LogP contribution in [-0.4, -0.2) is 17.2 Å². The Kier molecular flexibility index (Phi) is 3.43. The molecular formula is C20H33NS. The first-order chi connectivity index (χ1) is 10.7. The molecule has 2 heteroatoms. The Hall–Kier alpha value is 0.310. The molecule has 1 spiro atoms. The fourth-order valence-electron chi connectivity index (χ4n) is 7.72. The maximum atomic E-state index is 3.88. The van der Waals surface area contributed by atoms with Crippen LogP contribution in [0.25, 0.3) is 0 Å². The predicted octanol–water partition coefficient (Wildman–Crippen LogP) is 5.06. The SMILES string of the molecule is C[C@@]12CCC[C@H]1[C@@H]1CCC3CC4(CC[C@@H]3[C@H]1CC2)NCCS4. The van der Waals surface area contributed by atoms with E-state index in [9.17, 15) is 0 Å². The van der Waals surface area contributed by atoms with Gasteiger partial charge in [-0.1, -0.05) is 13.3 Å². The third-order valence-corrected chi connectivity index (χ3v) is 10.2. The fourth-order valence-corrected chi connectivity index (χ4v) is 9.12. The van der Waals surface area contributed by atoms with Crippen molar-refractivity contribution in [2.45, 2.75) is 76.0 Å². The highest BCUT2D eigenvalue weighted by molar-refractivity contribution is 8.00. The van der Waals surface area contributed by atoms with Crippen LogP contribution >= 0.6 is 11.8 Å². The van der Waals surface area contributed by atoms with Gasteiger partial charge >= 0.3 is 0 Å². The Labute approximate surface area is 140 Å². The summed E-state index contributed by atoms with van der Waals surface area (Å²) in [5.74, 6) is 6.82. The summed E-state index contributed by atoms with van der Waals surface area (Å²) in [4.78, 5) is 0.505. The average Bonchev–Trinajstić information content (AvgIpc) is 3.13. The summed E-state index contributed by atoms with van der Waals surface area (Å²) in [6, 6.07) is 0. The van der Waals surface area contributed by atoms with E-state index in [1.54, 1.807) is 38.5 Å². The third kappa shape index (κ3) is 2.08. The highest BCUT2D eigenvalue weighted by Gasteiger charge is 2.55. The lowest BCUT2D eigenvalue weighted by Crippen LogP contribution is -2.51. The van der Waals surface area contributed by atoms with Gasteiger partial charge in [-0.2, -0.15) is 0 Å². The summed E-state index contributed by atoms with van der Waals surface area (Å²) >= 11 is 2.25. The monoisotopic (exact) mass is 319 g/mol. The Balaban J connectivity index is 1.36. The van der Waals surface area contributed by atoms with Crippen molar-refractivity contribution in [1.82, 2.24) is 5.32 Å². The molecule has 0 amide bonds. The highest BCUT2D eigenvalue weighted by atomic mass is 32.2. The van der Waals surface area contributed by atoms with Gasteiger partial charge in [0.05, 0.1) is 4.87 Å². The number of hydrogen-bond donors (Lipinski definition) is 1. The van der Waals surface area contributed by atoms with Crippen molar-refractivity contribution in [2.24, 2.45) is 35.0 Å². The molecule has 1 saturated heterocycles. The second-order valence-corrected chi connectivity index (χ2v) is 11.0. The lowest BCUT2D eigenvalue weighted by Gasteiger charge is -2.56. The zero-order chi connectivity index (χ0) is 14.8. The molecule has 0 aromatic rings. The second-order valence-electron chi connectivity index (χ2n) is 9.53. The first-order valence-corrected chi connectivity index (χ1v) is 11.1. The maximum absolute atomic E-state index is 3.88. The maximum Gasteiger partial charge on any atom is 0.0648 e. The van der Waals surface area contributed by atoms with Crippen LogP contribution in [-0.2, 0) is 0 Å². The van der Waals surface area contributed by atoms with Crippen LogP contribution in [0.1, 0.15) is 71.1 Å². The summed E-state index contributed by atoms with van der Waals surface area (Å²) in [7, 11) is 0. The molecule has 0 bridgehead atoms. The lowest BCUT2D eigenvalue weighted by atomic mass is 9.50. The third-order valence-electron chi connectivity index (χ3n) is 8.70. The Morgan fingerprint density at radius 3 is 2.68 bits per heavy atom. The second kappa shape index (κ2) is 5.15. The molecule has 5 rings (SSSR count). The van der Waals surface area contributed by atoms with Crippen molar-refractivity contribution in [3.05, 3.63) is 0 Å². The van der Waals surface area contributed by atoms with Gasteiger partial charge < -0.3 is 5.32 Å². The van der Waals surface area contributed by atoms with Gasteiger partial charge in [-0.05, 0) is 92.8 Å². The van der Waals surface area contributed by atoms with E-state index in [2.05, 4.69) is 24.0 Å². The highest BCUT2D eigenvalue weighted by Crippen LogP contribution is 2.63. The molecule has 5 aliphatic rings. The molecule has 1 heterocycles. The van der Waals surface area contributed by atoms with Crippen LogP contribution in [0.15, 0.2) is 0 Å². The molecule has 1 nitrogen and oxygen atoms in total. The van der Waals surface area contributed by atoms with Gasteiger partial charge in [-0.3, -0.25) is 0 Å². The zero-order valence-electron chi connectivity index (χ0n) is 14.3. The Bertz CT molecular complexity index is 443. The van der Waals surface area contributed by atoms with E-state index < -0.39 is 0 Å². The summed E-state index contributed by atoms with van der Waals surface area (Å²) in [6.45, 7) is 3.90. The van der Waals surface area contributed by atoms with Gasteiger partial charge in [0.25, 0.3) is 0 Å². The number of fused-ring (bicyclic) bond motifs is 5. The molecule has 0 radical (unpaired) electrons. The van der Waals surface area contributed by atoms with Crippen molar-refractivity contribution in [1.29, 1.82) is 0 Å². The summed E-state index contributed by atoms with van der Waals surface area (Å²) in [6.07, 6.45) is 15.4. The molecule has 124 valence electrons. The van der Waals surface area contributed by atoms with E-state index in [0.717, 1.165) is 35.0 Å². The van der Waals surface area contributed by atoms with Crippen LogP contribution in [0.5, 0.6) is 0 Å². The summed E-state index contributed by atoms with van der Waals surface area (Å²) < 4.78 is 0. The molecule has 7 atom stereocenters. The van der Waals surface area contributed by atoms with E-state index in [1.165, 1.54) is 38.0 Å². The van der Waals surface area contributed by atoms with E-state index >= 15 is 0 Å². The molecule has 0 aromatic carbocycles. The van der Waals surface area contributed by atoms with Crippen LogP contribution in [0.4, 0.5) is 0 Å². The molecule has 1 aliphatic heterocycles. The van der Waals surface area contributed by atoms with Crippen molar-refractivity contribution < 1.29 is 0 Å². The van der Waals surface area contributed by atoms with E-state index in [-0.39, 0.29) is 0 Å². The molecule has 0 aromatic heterocycles. The smallest absolute Gasteiger partial charge is 0.0648 e. The number of hydrogen-bond acceptors (Lipinski definition) is 2. The van der Waals surface area contributed by atoms with E-state index in [4.69, 9.17) is 0 Å². The van der Waals surface area contributed by atoms with Crippen molar-refractivity contribution in [3.63, 3.8) is 0 Å². The largest absolute Gasteiger partial charge is 0.302 e. The van der Waals surface area contributed by atoms with Gasteiger partial charge in [-0.25, -0.2) is 0 Å². The van der Waals surface area contributed by atoms with Gasteiger partial charge in [0.15, 0.2) is 0 Å². The lowest BCUT2D eigenvalue weighted by molar-refractivity contribution is -0.0548. The molecule has 2 unspecified atom stereocenters. The predicted molar refractivity (Wildman–Crippen MR) is 94.9 cm³/mol. The number of rotatable bonds is 0. The zero-order valence-corrected chi connectivity index (χ0v) is 15.1. The minimum atomic E-state index is 0.505. The molecule has 5 fully saturated rings. The average molecular weight is 320 g/mol. The van der Waals surface area contributed by atoms with Crippen molar-refractivity contribution in [2.75, 3.05) is 12.3 Å². The van der Waals surface area contributed by atoms with Gasteiger partial charge in [0, 0.05) is 12.3 Å². The van der Waals surface area contributed by atoms with Gasteiger partial charge in [0.2, 0.25) is 0 Å². The Morgan fingerprint density at radius 1 is 0.909 bits per heavy atom.